The number of hydrogen-bond acceptors (Lipinski definition) is 24. The second kappa shape index (κ2) is 49.9. The minimum Gasteiger partial charge on any atom is -0.550 e. The Hall–Kier alpha value is -6.76. The van der Waals surface area contributed by atoms with Gasteiger partial charge in [-0.3, -0.25) is 38.4 Å². The van der Waals surface area contributed by atoms with Gasteiger partial charge in [-0.05, 0) is 262 Å². The van der Waals surface area contributed by atoms with Crippen molar-refractivity contribution in [3.63, 3.8) is 0 Å². The third kappa shape index (κ3) is 35.9. The molecule has 0 saturated carbocycles. The molecule has 8 aromatic rings. The van der Waals surface area contributed by atoms with Crippen molar-refractivity contribution in [3.8, 4) is 46.0 Å². The lowest BCUT2D eigenvalue weighted by atomic mass is 9.73. The van der Waals surface area contributed by atoms with Crippen LogP contribution in [0.5, 0.6) is 46.0 Å². The summed E-state index contributed by atoms with van der Waals surface area (Å²) in [5.41, 5.74) is 4.99. The molecule has 0 aliphatic carbocycles. The number of carbonyl (C=O) groups is 12. The summed E-state index contributed by atoms with van der Waals surface area (Å²) >= 11 is 15.9. The van der Waals surface area contributed by atoms with Crippen LogP contribution in [-0.2, 0) is 73.8 Å². The summed E-state index contributed by atoms with van der Waals surface area (Å²) in [6.07, 6.45) is 0.784. The molecule has 0 aliphatic rings. The van der Waals surface area contributed by atoms with Crippen molar-refractivity contribution in [2.24, 2.45) is 0 Å². The molecule has 0 spiro atoms. The predicted molar refractivity (Wildman–Crippen MR) is 532 cm³/mol. The molecule has 0 radical (unpaired) electrons. The predicted octanol–water partition coefficient (Wildman–Crippen LogP) is 16.5. The number of ether oxygens (including phenoxy) is 8. The molecular formula is C93H94I8O24-4. The van der Waals surface area contributed by atoms with Crippen LogP contribution in [0.15, 0.2) is 194 Å². The maximum Gasteiger partial charge on any atom is 0.326 e. The first kappa shape index (κ1) is 109. The molecule has 125 heavy (non-hydrogen) atoms. The molecule has 0 amide bonds. The van der Waals surface area contributed by atoms with Gasteiger partial charge in [-0.2, -0.15) is 0 Å². The van der Waals surface area contributed by atoms with E-state index in [-0.39, 0.29) is 96.1 Å². The minimum absolute atomic E-state index is 0.107. The Balaban J connectivity index is 0.000000296. The lowest BCUT2D eigenvalue weighted by molar-refractivity contribution is -0.307. The summed E-state index contributed by atoms with van der Waals surface area (Å²) < 4.78 is 40.0. The molecule has 8 aromatic carbocycles. The number of esters is 8. The van der Waals surface area contributed by atoms with Crippen molar-refractivity contribution in [3.05, 3.63) is 239 Å². The van der Waals surface area contributed by atoms with Gasteiger partial charge in [0.1, 0.15) is 67.5 Å². The summed E-state index contributed by atoms with van der Waals surface area (Å²) in [6, 6.07) is 56.2. The van der Waals surface area contributed by atoms with Gasteiger partial charge in [0.05, 0.1) is 8.86 Å². The van der Waals surface area contributed by atoms with E-state index in [4.69, 9.17) is 37.9 Å². The second-order valence-corrected chi connectivity index (χ2v) is 47.1. The second-order valence-electron chi connectivity index (χ2n) is 31.1. The van der Waals surface area contributed by atoms with E-state index >= 15 is 0 Å². The molecule has 0 heterocycles. The van der Waals surface area contributed by atoms with Crippen LogP contribution < -0.4 is 58.3 Å². The number of halogens is 8. The number of hydrogen-bond donors (Lipinski definition) is 0. The Labute approximate surface area is 836 Å². The molecule has 0 aromatic heterocycles. The van der Waals surface area contributed by atoms with E-state index in [0.29, 0.717) is 71.7 Å². The Kier molecular flexibility index (Phi) is 43.4. The maximum atomic E-state index is 12.1. The Morgan fingerprint density at radius 1 is 0.280 bits per heavy atom. The molecule has 670 valence electrons. The third-order valence-corrected chi connectivity index (χ3v) is 23.2. The molecular weight excluding hydrogens is 2520 g/mol. The van der Waals surface area contributed by atoms with Gasteiger partial charge >= 0.3 is 47.8 Å². The van der Waals surface area contributed by atoms with E-state index in [9.17, 15) is 78.0 Å². The quantitative estimate of drug-likeness (QED) is 0.0152. The summed E-state index contributed by atoms with van der Waals surface area (Å²) in [4.78, 5) is 140. The first-order valence-corrected chi connectivity index (χ1v) is 48.6. The van der Waals surface area contributed by atoms with Crippen LogP contribution in [0.3, 0.4) is 0 Å². The van der Waals surface area contributed by atoms with E-state index in [1.54, 1.807) is 166 Å². The van der Waals surface area contributed by atoms with Gasteiger partial charge in [0.15, 0.2) is 0 Å². The van der Waals surface area contributed by atoms with Gasteiger partial charge in [0.2, 0.25) is 0 Å². The smallest absolute Gasteiger partial charge is 0.326 e. The van der Waals surface area contributed by atoms with E-state index < -0.39 is 53.8 Å². The number of carboxylic acids is 4. The van der Waals surface area contributed by atoms with Crippen molar-refractivity contribution in [2.45, 2.75) is 185 Å². The Morgan fingerprint density at radius 3 is 0.624 bits per heavy atom. The fraction of sp³-hybridized carbons (Fsp3) is 0.355. The number of rotatable bonds is 36. The van der Waals surface area contributed by atoms with Crippen LogP contribution in [0.4, 0.5) is 0 Å². The molecule has 0 aliphatic heterocycles. The van der Waals surface area contributed by atoms with Crippen molar-refractivity contribution in [1.82, 2.24) is 0 Å². The zero-order chi connectivity index (χ0) is 93.8. The van der Waals surface area contributed by atoms with Crippen LogP contribution in [0.2, 0.25) is 0 Å². The molecule has 0 N–H and O–H groups in total. The third-order valence-electron chi connectivity index (χ3n) is 19.2. The summed E-state index contributed by atoms with van der Waals surface area (Å²) in [5, 5.41) is 44.6. The Morgan fingerprint density at radius 2 is 0.456 bits per heavy atom. The van der Waals surface area contributed by atoms with Gasteiger partial charge in [-0.1, -0.05) is 299 Å². The van der Waals surface area contributed by atoms with Crippen LogP contribution in [-0.4, -0.2) is 102 Å². The van der Waals surface area contributed by atoms with Crippen LogP contribution in [0.1, 0.15) is 192 Å². The Bertz CT molecular complexity index is 4720. The van der Waals surface area contributed by atoms with Crippen molar-refractivity contribution in [1.29, 1.82) is 0 Å². The SMILES string of the molecule is CC(C)(I)C(=O)Oc1ccc(C(C)(CCC(=O)[O-])c2ccc(OC(=O)C(C)(C)I)cc2)cc1.CC(C)(I)C(=O)Oc1ccc(C(CCC(=O)[O-])c2ccc(OC(=O)C(C)(C)I)cc2)cc1.CC(CCC(=O)[O-])(c1ccc(OC(=O)CI)cc1)c1ccc(OC(=O)CI)cc1.CC(I)C(=O)Oc1ccc(C(C)(CCC(=O)[O-])c2ccc(OC(=O)C(C)I)cc2)cc1. The number of aliphatic carboxylic acids is 4. The van der Waals surface area contributed by atoms with E-state index in [1.807, 2.05) is 299 Å². The molecule has 2 unspecified atom stereocenters. The molecule has 0 saturated heterocycles. The molecule has 2 atom stereocenters. The molecule has 32 heteroatoms. The van der Waals surface area contributed by atoms with Gasteiger partial charge in [-0.15, -0.1) is 0 Å². The van der Waals surface area contributed by atoms with Crippen molar-refractivity contribution < 1.29 is 116 Å². The zero-order valence-electron chi connectivity index (χ0n) is 70.6. The summed E-state index contributed by atoms with van der Waals surface area (Å²) in [6.45, 7) is 23.4. The summed E-state index contributed by atoms with van der Waals surface area (Å²) in [5.74, 6) is -4.09. The topological polar surface area (TPSA) is 371 Å². The monoisotopic (exact) mass is 2610 g/mol. The first-order chi connectivity index (χ1) is 58.2. The molecule has 24 nitrogen and oxygen atoms in total. The average molecular weight is 2610 g/mol. The number of carbonyl (C=O) groups excluding carboxylic acids is 12. The van der Waals surface area contributed by atoms with Crippen molar-refractivity contribution >= 4 is 252 Å². The van der Waals surface area contributed by atoms with Gasteiger partial charge < -0.3 is 77.5 Å². The lowest BCUT2D eigenvalue weighted by Crippen LogP contribution is -2.30. The normalized spacial score (nSPS) is 12.5. The number of alkyl halides is 8. The lowest BCUT2D eigenvalue weighted by Gasteiger charge is -2.32. The highest BCUT2D eigenvalue weighted by molar-refractivity contribution is 14.1. The van der Waals surface area contributed by atoms with E-state index in [0.717, 1.165) is 44.5 Å². The molecule has 0 fully saturated rings. The van der Waals surface area contributed by atoms with Gasteiger partial charge in [0, 0.05) is 46.0 Å². The zero-order valence-corrected chi connectivity index (χ0v) is 87.9. The van der Waals surface area contributed by atoms with Gasteiger partial charge in [0.25, 0.3) is 0 Å². The van der Waals surface area contributed by atoms with E-state index in [1.165, 1.54) is 0 Å². The highest BCUT2D eigenvalue weighted by Gasteiger charge is 2.35. The summed E-state index contributed by atoms with van der Waals surface area (Å²) in [7, 11) is 0. The van der Waals surface area contributed by atoms with Crippen LogP contribution >= 0.6 is 181 Å². The average Bonchev–Trinajstić information content (AvgIpc) is 0.795. The first-order valence-electron chi connectivity index (χ1n) is 38.7. The molecule has 0 bridgehead atoms. The maximum absolute atomic E-state index is 12.1. The fourth-order valence-corrected chi connectivity index (χ4v) is 12.7. The fourth-order valence-electron chi connectivity index (χ4n) is 11.7. The van der Waals surface area contributed by atoms with Gasteiger partial charge in [-0.25, -0.2) is 0 Å². The highest BCUT2D eigenvalue weighted by atomic mass is 127. The van der Waals surface area contributed by atoms with Crippen LogP contribution in [0, 0.1) is 0 Å². The largest absolute Gasteiger partial charge is 0.550 e. The van der Waals surface area contributed by atoms with E-state index in [2.05, 4.69) is 0 Å². The van der Waals surface area contributed by atoms with Crippen molar-refractivity contribution in [2.75, 3.05) is 8.86 Å². The number of carboxylic acid groups (broad SMARTS) is 4. The minimum atomic E-state index is -1.13. The molecule has 8 rings (SSSR count). The standard InChI is InChI=1S/C25H28I2O6.C24H26I2O6.C23H24I2O6.C21H20I2O6/c1-23(2,26)21(30)32-18-10-6-16(7-11-18)25(5,15-14-20(28)29)17-8-12-19(13-9-17)33-22(31)24(3,4)27;1-23(2,25)21(29)31-17-9-5-15(6-10-17)19(13-14-20(27)28)16-7-11-18(12-8-16)32-22(30)24(3,4)26;1-14(24)21(28)30-18-8-4-16(5-9-18)23(3,13-12-20(26)27)17-6-10-19(11-7-17)31-22(29)15(2)25;1-21(11-10-18(24)25,14-2-6-16(7-3-14)28-19(26)12-22)15-4-8-17(9-5-15)29-20(27)13-23/h6-13H,14-15H2,1-5H3,(H,28,29);5-12,19H,13-14H2,1-4H3,(H,27,28);4-11,14-15H,12-13H2,1-3H3,(H,26,27);2-9H,10-13H2,1H3,(H,24,25)/p-4. The van der Waals surface area contributed by atoms with Crippen LogP contribution in [0.25, 0.3) is 0 Å². The number of benzene rings is 8. The highest BCUT2D eigenvalue weighted by Crippen LogP contribution is 2.43.